The Morgan fingerprint density at radius 2 is 0.935 bits per heavy atom. The van der Waals surface area contributed by atoms with Gasteiger partial charge < -0.3 is 9.47 Å². The number of benzene rings is 2. The van der Waals surface area contributed by atoms with Gasteiger partial charge in [0.15, 0.2) is 0 Å². The molecule has 0 fully saturated rings. The van der Waals surface area contributed by atoms with E-state index in [0.717, 1.165) is 62.5 Å². The molecular formula is C36H40N6O4. The summed E-state index contributed by atoms with van der Waals surface area (Å²) in [7, 11) is 0. The van der Waals surface area contributed by atoms with Crippen molar-refractivity contribution in [2.24, 2.45) is 10.2 Å². The lowest BCUT2D eigenvalue weighted by Crippen LogP contribution is -2.07. The van der Waals surface area contributed by atoms with Crippen molar-refractivity contribution >= 4 is 36.0 Å². The van der Waals surface area contributed by atoms with Gasteiger partial charge in [0.2, 0.25) is 0 Å². The first-order chi connectivity index (χ1) is 22.6. The van der Waals surface area contributed by atoms with E-state index in [2.05, 4.69) is 31.0 Å². The summed E-state index contributed by atoms with van der Waals surface area (Å²) in [5, 5.41) is 8.31. The van der Waals surface area contributed by atoms with Gasteiger partial charge in [0.25, 0.3) is 0 Å². The zero-order chi connectivity index (χ0) is 32.1. The molecule has 46 heavy (non-hydrogen) atoms. The normalized spacial score (nSPS) is 11.0. The monoisotopic (exact) mass is 620 g/mol. The number of rotatable bonds is 19. The van der Waals surface area contributed by atoms with Crippen LogP contribution >= 0.6 is 0 Å². The zero-order valence-corrected chi connectivity index (χ0v) is 25.9. The number of aromatic nitrogens is 2. The number of hydrogen-bond donors (Lipinski definition) is 2. The lowest BCUT2D eigenvalue weighted by Gasteiger charge is -2.06. The van der Waals surface area contributed by atoms with Crippen LogP contribution in [0.25, 0.3) is 0 Å². The number of nitrogens with zero attached hydrogens (tertiary/aromatic N) is 4. The number of nitrogens with one attached hydrogen (secondary N) is 2. The van der Waals surface area contributed by atoms with E-state index in [4.69, 9.17) is 9.47 Å². The fourth-order valence-corrected chi connectivity index (χ4v) is 4.41. The maximum atomic E-state index is 12.2. The molecule has 2 aromatic carbocycles. The summed E-state index contributed by atoms with van der Waals surface area (Å²) in [6.07, 6.45) is 15.5. The number of carbonyl (C=O) groups excluding carboxylic acids is 2. The van der Waals surface area contributed by atoms with Crippen LogP contribution in [-0.2, 0) is 9.59 Å². The van der Waals surface area contributed by atoms with Crippen LogP contribution in [0.2, 0.25) is 0 Å². The first kappa shape index (κ1) is 33.5. The highest BCUT2D eigenvalue weighted by atomic mass is 16.5. The molecule has 0 aliphatic rings. The van der Waals surface area contributed by atoms with Gasteiger partial charge in [-0.15, -0.1) is 0 Å². The fraction of sp³-hybridized carbons (Fsp3) is 0.278. The van der Waals surface area contributed by atoms with Crippen molar-refractivity contribution in [2.75, 3.05) is 10.9 Å². The lowest BCUT2D eigenvalue weighted by molar-refractivity contribution is -0.135. The van der Waals surface area contributed by atoms with E-state index >= 15 is 0 Å². The largest absolute Gasteiger partial charge is 0.427 e. The van der Waals surface area contributed by atoms with Crippen molar-refractivity contribution in [1.82, 2.24) is 9.97 Å². The van der Waals surface area contributed by atoms with Gasteiger partial charge in [-0.2, -0.15) is 10.2 Å². The van der Waals surface area contributed by atoms with Crippen molar-refractivity contribution in [1.29, 1.82) is 0 Å². The van der Waals surface area contributed by atoms with Crippen LogP contribution in [0, 0.1) is 0 Å². The predicted octanol–water partition coefficient (Wildman–Crippen LogP) is 7.78. The second-order valence-electron chi connectivity index (χ2n) is 10.6. The van der Waals surface area contributed by atoms with Gasteiger partial charge in [-0.1, -0.05) is 50.7 Å². The number of pyridine rings is 2. The average Bonchev–Trinajstić information content (AvgIpc) is 3.08. The summed E-state index contributed by atoms with van der Waals surface area (Å²) >= 11 is 0. The third kappa shape index (κ3) is 13.5. The van der Waals surface area contributed by atoms with Crippen molar-refractivity contribution in [2.45, 2.75) is 64.2 Å². The standard InChI is InChI=1S/C36H40N6O4/c43-35(45-31-21-17-29(18-22-31)27-39-41-33-13-9-11-25-37-33)15-7-5-3-1-2-4-6-8-16-36(44)46-32-23-19-30(20-24-32)28-40-42-34-14-10-12-26-38-34/h9-14,17-28H,1-8,15-16H2,(H,37,41)(H,38,42)/b39-27+,40-28+. The Morgan fingerprint density at radius 1 is 0.543 bits per heavy atom. The van der Waals surface area contributed by atoms with Gasteiger partial charge in [-0.25, -0.2) is 9.97 Å². The van der Waals surface area contributed by atoms with Crippen molar-refractivity contribution in [3.8, 4) is 11.5 Å². The van der Waals surface area contributed by atoms with Crippen LogP contribution in [0.3, 0.4) is 0 Å². The zero-order valence-electron chi connectivity index (χ0n) is 25.9. The molecule has 0 spiro atoms. The van der Waals surface area contributed by atoms with E-state index < -0.39 is 0 Å². The van der Waals surface area contributed by atoms with Crippen LogP contribution in [0.1, 0.15) is 75.3 Å². The van der Waals surface area contributed by atoms with E-state index in [1.807, 2.05) is 60.7 Å². The topological polar surface area (TPSA) is 127 Å². The molecule has 2 N–H and O–H groups in total. The molecule has 10 heteroatoms. The Balaban J connectivity index is 0.966. The number of hydrogen-bond acceptors (Lipinski definition) is 10. The Kier molecular flexibility index (Phi) is 14.4. The van der Waals surface area contributed by atoms with Crippen molar-refractivity contribution in [3.63, 3.8) is 0 Å². The summed E-state index contributed by atoms with van der Waals surface area (Å²) in [4.78, 5) is 32.7. The maximum Gasteiger partial charge on any atom is 0.311 e. The molecule has 10 nitrogen and oxygen atoms in total. The molecule has 0 saturated heterocycles. The SMILES string of the molecule is O=C(CCCCCCCCCCC(=O)Oc1ccc(/C=N/Nc2ccccn2)cc1)Oc1ccc(/C=N/Nc2ccccn2)cc1. The quantitative estimate of drug-likeness (QED) is 0.0358. The Labute approximate surface area is 270 Å². The number of esters is 2. The lowest BCUT2D eigenvalue weighted by atomic mass is 10.1. The van der Waals surface area contributed by atoms with Crippen molar-refractivity contribution in [3.05, 3.63) is 108 Å². The van der Waals surface area contributed by atoms with Crippen LogP contribution in [0.15, 0.2) is 108 Å². The predicted molar refractivity (Wildman–Crippen MR) is 181 cm³/mol. The molecule has 0 unspecified atom stereocenters. The summed E-state index contributed by atoms with van der Waals surface area (Å²) in [6.45, 7) is 0. The molecule has 0 aliphatic carbocycles. The fourth-order valence-electron chi connectivity index (χ4n) is 4.41. The number of ether oxygens (including phenoxy) is 2. The second-order valence-corrected chi connectivity index (χ2v) is 10.6. The molecule has 4 rings (SSSR count). The molecule has 2 heterocycles. The number of unbranched alkanes of at least 4 members (excludes halogenated alkanes) is 7. The Morgan fingerprint density at radius 3 is 1.30 bits per heavy atom. The van der Waals surface area contributed by atoms with Gasteiger partial charge in [-0.05, 0) is 96.8 Å². The first-order valence-corrected chi connectivity index (χ1v) is 15.7. The second kappa shape index (κ2) is 19.8. The van der Waals surface area contributed by atoms with Crippen LogP contribution in [0.5, 0.6) is 11.5 Å². The molecule has 2 aromatic heterocycles. The molecule has 0 amide bonds. The minimum atomic E-state index is -0.219. The number of hydrazone groups is 2. The molecule has 0 radical (unpaired) electrons. The minimum absolute atomic E-state index is 0.219. The van der Waals surface area contributed by atoms with E-state index in [-0.39, 0.29) is 11.9 Å². The van der Waals surface area contributed by atoms with Crippen molar-refractivity contribution < 1.29 is 19.1 Å². The number of anilines is 2. The third-order valence-corrected chi connectivity index (χ3v) is 6.85. The highest BCUT2D eigenvalue weighted by Crippen LogP contribution is 2.16. The molecule has 0 atom stereocenters. The van der Waals surface area contributed by atoms with Gasteiger partial charge in [0.1, 0.15) is 23.1 Å². The molecule has 0 saturated carbocycles. The van der Waals surface area contributed by atoms with Crippen LogP contribution < -0.4 is 20.3 Å². The molecule has 238 valence electrons. The van der Waals surface area contributed by atoms with Crippen LogP contribution in [0.4, 0.5) is 11.6 Å². The first-order valence-electron chi connectivity index (χ1n) is 15.7. The summed E-state index contributed by atoms with van der Waals surface area (Å²) < 4.78 is 10.9. The minimum Gasteiger partial charge on any atom is -0.427 e. The van der Waals surface area contributed by atoms with E-state index in [1.165, 1.54) is 0 Å². The van der Waals surface area contributed by atoms with Crippen LogP contribution in [-0.4, -0.2) is 34.3 Å². The highest BCUT2D eigenvalue weighted by Gasteiger charge is 2.06. The van der Waals surface area contributed by atoms with Gasteiger partial charge in [-0.3, -0.25) is 20.4 Å². The Hall–Kier alpha value is -5.38. The van der Waals surface area contributed by atoms with E-state index in [9.17, 15) is 9.59 Å². The smallest absolute Gasteiger partial charge is 0.311 e. The van der Waals surface area contributed by atoms with E-state index in [1.54, 1.807) is 49.1 Å². The molecule has 0 bridgehead atoms. The summed E-state index contributed by atoms with van der Waals surface area (Å²) in [5.74, 6) is 1.94. The number of carbonyl (C=O) groups is 2. The maximum absolute atomic E-state index is 12.2. The van der Waals surface area contributed by atoms with Gasteiger partial charge >= 0.3 is 11.9 Å². The summed E-state index contributed by atoms with van der Waals surface area (Å²) in [6, 6.07) is 25.5. The van der Waals surface area contributed by atoms with Gasteiger partial charge in [0.05, 0.1) is 12.4 Å². The molecule has 4 aromatic rings. The average molecular weight is 621 g/mol. The molecular weight excluding hydrogens is 580 g/mol. The highest BCUT2D eigenvalue weighted by molar-refractivity contribution is 5.81. The van der Waals surface area contributed by atoms with E-state index in [0.29, 0.717) is 36.0 Å². The molecule has 0 aliphatic heterocycles. The summed E-state index contributed by atoms with van der Waals surface area (Å²) in [5.41, 5.74) is 7.48. The Bertz CT molecular complexity index is 1400. The van der Waals surface area contributed by atoms with Gasteiger partial charge in [0, 0.05) is 25.2 Å². The third-order valence-electron chi connectivity index (χ3n) is 6.85.